The summed E-state index contributed by atoms with van der Waals surface area (Å²) in [6.45, 7) is 1.82. The molecule has 0 saturated carbocycles. The van der Waals surface area contributed by atoms with E-state index < -0.39 is 23.4 Å². The monoisotopic (exact) mass is 400 g/mol. The van der Waals surface area contributed by atoms with Crippen molar-refractivity contribution in [2.45, 2.75) is 30.8 Å². The van der Waals surface area contributed by atoms with Crippen molar-refractivity contribution in [3.63, 3.8) is 0 Å². The van der Waals surface area contributed by atoms with E-state index in [0.29, 0.717) is 10.8 Å². The summed E-state index contributed by atoms with van der Waals surface area (Å²) >= 11 is 1.41. The van der Waals surface area contributed by atoms with Crippen LogP contribution in [0.1, 0.15) is 25.5 Å². The summed E-state index contributed by atoms with van der Waals surface area (Å²) < 4.78 is 47.9. The zero-order chi connectivity index (χ0) is 19.2. The van der Waals surface area contributed by atoms with E-state index in [9.17, 15) is 17.4 Å². The molecule has 1 N–H and O–H groups in total. The van der Waals surface area contributed by atoms with Crippen molar-refractivity contribution in [1.82, 2.24) is 4.98 Å². The third-order valence-corrected chi connectivity index (χ3v) is 5.13. The second-order valence-electron chi connectivity index (χ2n) is 5.44. The lowest BCUT2D eigenvalue weighted by Crippen LogP contribution is -2.05. The zero-order valence-electron chi connectivity index (χ0n) is 14.3. The molecule has 0 fully saturated rings. The van der Waals surface area contributed by atoms with Crippen LogP contribution in [0.25, 0.3) is 5.57 Å². The molecule has 8 heteroatoms. The van der Waals surface area contributed by atoms with Gasteiger partial charge in [0.15, 0.2) is 5.13 Å². The molecule has 3 nitrogen and oxygen atoms in total. The van der Waals surface area contributed by atoms with Gasteiger partial charge in [-0.3, -0.25) is 4.21 Å². The van der Waals surface area contributed by atoms with Gasteiger partial charge < -0.3 is 5.32 Å². The Morgan fingerprint density at radius 2 is 2.00 bits per heavy atom. The van der Waals surface area contributed by atoms with Gasteiger partial charge in [-0.25, -0.2) is 4.98 Å². The van der Waals surface area contributed by atoms with Crippen LogP contribution in [-0.2, 0) is 10.8 Å². The van der Waals surface area contributed by atoms with Gasteiger partial charge in [0.2, 0.25) is 0 Å². The summed E-state index contributed by atoms with van der Waals surface area (Å²) in [4.78, 5) is 5.21. The third-order valence-electron chi connectivity index (χ3n) is 3.44. The molecular weight excluding hydrogens is 381 g/mol. The number of benzene rings is 1. The number of hydrogen-bond acceptors (Lipinski definition) is 4. The molecular formula is C18H19F3N2OS2. The highest BCUT2D eigenvalue weighted by molar-refractivity contribution is 7.84. The molecule has 0 spiro atoms. The molecule has 1 atom stereocenters. The summed E-state index contributed by atoms with van der Waals surface area (Å²) in [7, 11) is -1.02. The number of alkyl halides is 3. The summed E-state index contributed by atoms with van der Waals surface area (Å²) in [5, 5.41) is 5.69. The van der Waals surface area contributed by atoms with Crippen molar-refractivity contribution in [3.8, 4) is 0 Å². The molecule has 26 heavy (non-hydrogen) atoms. The minimum Gasteiger partial charge on any atom is -0.332 e. The molecule has 140 valence electrons. The summed E-state index contributed by atoms with van der Waals surface area (Å²) in [5.74, 6) is 0. The third kappa shape index (κ3) is 6.42. The standard InChI is InChI=1S/C18H19F3N2OS2/c1-3-13(6-4-5-11-18(19,20)21)16-12-25-17(23-16)22-14-7-9-15(10-8-14)26(2)24/h3-4,6-10,12H,5,11H2,1-2H3,(H,22,23)/b6-4-,13-3+. The molecule has 1 aromatic carbocycles. The van der Waals surface area contributed by atoms with Gasteiger partial charge in [-0.2, -0.15) is 13.2 Å². The number of aromatic nitrogens is 1. The van der Waals surface area contributed by atoms with Gasteiger partial charge in [0.1, 0.15) is 0 Å². The number of nitrogens with one attached hydrogen (secondary N) is 1. The van der Waals surface area contributed by atoms with Gasteiger partial charge in [0.05, 0.1) is 5.69 Å². The highest BCUT2D eigenvalue weighted by Gasteiger charge is 2.25. The Labute approximate surface area is 157 Å². The van der Waals surface area contributed by atoms with Crippen LogP contribution in [-0.4, -0.2) is 21.6 Å². The number of hydrogen-bond donors (Lipinski definition) is 1. The van der Waals surface area contributed by atoms with E-state index in [4.69, 9.17) is 0 Å². The first-order valence-corrected chi connectivity index (χ1v) is 10.3. The molecule has 0 aliphatic heterocycles. The first-order chi connectivity index (χ1) is 12.3. The number of allylic oxidation sites excluding steroid dienone is 4. The van der Waals surface area contributed by atoms with Crippen molar-refractivity contribution in [3.05, 3.63) is 53.6 Å². The lowest BCUT2D eigenvalue weighted by molar-refractivity contribution is -0.133. The molecule has 0 bridgehead atoms. The molecule has 0 saturated heterocycles. The highest BCUT2D eigenvalue weighted by Crippen LogP contribution is 2.26. The summed E-state index contributed by atoms with van der Waals surface area (Å²) in [5.41, 5.74) is 2.30. The molecule has 1 aromatic heterocycles. The van der Waals surface area contributed by atoms with Gasteiger partial charge in [0, 0.05) is 39.4 Å². The molecule has 0 aliphatic rings. The fourth-order valence-corrected chi connectivity index (χ4v) is 3.36. The van der Waals surface area contributed by atoms with E-state index in [1.54, 1.807) is 24.5 Å². The SMILES string of the molecule is C/C=C(\C=C/CCC(F)(F)F)c1csc(Nc2ccc(S(C)=O)cc2)n1. The minimum atomic E-state index is -4.14. The fraction of sp³-hybridized carbons (Fsp3) is 0.278. The molecule has 0 radical (unpaired) electrons. The number of halogens is 3. The van der Waals surface area contributed by atoms with Crippen LogP contribution < -0.4 is 5.32 Å². The summed E-state index contributed by atoms with van der Waals surface area (Å²) in [6, 6.07) is 7.22. The molecule has 2 rings (SSSR count). The molecule has 1 unspecified atom stereocenters. The first-order valence-electron chi connectivity index (χ1n) is 7.84. The Morgan fingerprint density at radius 3 is 2.58 bits per heavy atom. The number of thiazole rings is 1. The first kappa shape index (κ1) is 20.4. The Bertz CT molecular complexity index is 809. The van der Waals surface area contributed by atoms with Gasteiger partial charge >= 0.3 is 6.18 Å². The molecule has 1 heterocycles. The van der Waals surface area contributed by atoms with E-state index in [2.05, 4.69) is 10.3 Å². The molecule has 0 amide bonds. The number of rotatable bonds is 7. The van der Waals surface area contributed by atoms with Gasteiger partial charge in [0.25, 0.3) is 0 Å². The Kier molecular flexibility index (Phi) is 7.16. The maximum atomic E-state index is 12.2. The second kappa shape index (κ2) is 9.14. The normalized spacial score (nSPS) is 14.0. The van der Waals surface area contributed by atoms with Crippen LogP contribution in [0.4, 0.5) is 24.0 Å². The van der Waals surface area contributed by atoms with Gasteiger partial charge in [-0.05, 0) is 43.2 Å². The van der Waals surface area contributed by atoms with Gasteiger partial charge in [-0.1, -0.05) is 18.2 Å². The average Bonchev–Trinajstić information content (AvgIpc) is 3.02. The quantitative estimate of drug-likeness (QED) is 0.586. The van der Waals surface area contributed by atoms with E-state index >= 15 is 0 Å². The molecule has 0 aliphatic carbocycles. The Balaban J connectivity index is 2.01. The predicted molar refractivity (Wildman–Crippen MR) is 102 cm³/mol. The Morgan fingerprint density at radius 1 is 1.31 bits per heavy atom. The van der Waals surface area contributed by atoms with Crippen LogP contribution in [0.2, 0.25) is 0 Å². The van der Waals surface area contributed by atoms with Crippen LogP contribution in [0.15, 0.2) is 52.8 Å². The maximum absolute atomic E-state index is 12.2. The highest BCUT2D eigenvalue weighted by atomic mass is 32.2. The largest absolute Gasteiger partial charge is 0.389 e. The van der Waals surface area contributed by atoms with Crippen molar-refractivity contribution >= 4 is 38.5 Å². The minimum absolute atomic E-state index is 0.0543. The van der Waals surface area contributed by atoms with E-state index in [0.717, 1.165) is 16.2 Å². The van der Waals surface area contributed by atoms with Crippen LogP contribution in [0.3, 0.4) is 0 Å². The maximum Gasteiger partial charge on any atom is 0.389 e. The van der Waals surface area contributed by atoms with Gasteiger partial charge in [-0.15, -0.1) is 11.3 Å². The van der Waals surface area contributed by atoms with Crippen LogP contribution in [0.5, 0.6) is 0 Å². The zero-order valence-corrected chi connectivity index (χ0v) is 16.0. The van der Waals surface area contributed by atoms with Crippen molar-refractivity contribution < 1.29 is 17.4 Å². The predicted octanol–water partition coefficient (Wildman–Crippen LogP) is 5.93. The lowest BCUT2D eigenvalue weighted by Gasteiger charge is -2.04. The van der Waals surface area contributed by atoms with Crippen molar-refractivity contribution in [1.29, 1.82) is 0 Å². The fourth-order valence-electron chi connectivity index (χ4n) is 2.10. The smallest absolute Gasteiger partial charge is 0.332 e. The summed E-state index contributed by atoms with van der Waals surface area (Å²) in [6.07, 6.45) is 1.58. The number of nitrogens with zero attached hydrogens (tertiary/aromatic N) is 1. The van der Waals surface area contributed by atoms with Crippen LogP contribution in [0, 0.1) is 0 Å². The Hall–Kier alpha value is -1.93. The van der Waals surface area contributed by atoms with Crippen LogP contribution >= 0.6 is 11.3 Å². The number of anilines is 2. The molecule has 2 aromatic rings. The van der Waals surface area contributed by atoms with Crippen molar-refractivity contribution in [2.75, 3.05) is 11.6 Å². The topological polar surface area (TPSA) is 42.0 Å². The van der Waals surface area contributed by atoms with E-state index in [1.165, 1.54) is 17.4 Å². The van der Waals surface area contributed by atoms with E-state index in [-0.39, 0.29) is 6.42 Å². The van der Waals surface area contributed by atoms with Crippen molar-refractivity contribution in [2.24, 2.45) is 0 Å². The lowest BCUT2D eigenvalue weighted by atomic mass is 10.1. The van der Waals surface area contributed by atoms with E-state index in [1.807, 2.05) is 30.5 Å². The second-order valence-corrected chi connectivity index (χ2v) is 7.68. The average molecular weight is 400 g/mol.